The normalized spacial score (nSPS) is 18.1. The van der Waals surface area contributed by atoms with Crippen molar-refractivity contribution in [1.82, 2.24) is 20.2 Å². The van der Waals surface area contributed by atoms with Crippen LogP contribution in [-0.4, -0.2) is 38.6 Å². The number of pyridine rings is 2. The van der Waals surface area contributed by atoms with Crippen LogP contribution >= 0.6 is 0 Å². The Morgan fingerprint density at radius 3 is 2.22 bits per heavy atom. The van der Waals surface area contributed by atoms with Gasteiger partial charge in [-0.05, 0) is 76.6 Å². The maximum atomic E-state index is 12.3. The lowest BCUT2D eigenvalue weighted by atomic mass is 9.89. The third-order valence-corrected chi connectivity index (χ3v) is 6.73. The summed E-state index contributed by atoms with van der Waals surface area (Å²) >= 11 is 0. The highest BCUT2D eigenvalue weighted by Gasteiger charge is 2.29. The molecule has 190 valence electrons. The number of hydrogen-bond acceptors (Lipinski definition) is 5. The fraction of sp³-hybridized carbons (Fsp3) is 0.433. The van der Waals surface area contributed by atoms with Crippen LogP contribution in [0.2, 0.25) is 0 Å². The van der Waals surface area contributed by atoms with Crippen molar-refractivity contribution in [2.75, 3.05) is 0 Å². The topological polar surface area (TPSA) is 67.4 Å². The number of amides is 1. The minimum absolute atomic E-state index is 0.143. The molecule has 1 aliphatic rings. The fourth-order valence-electron chi connectivity index (χ4n) is 4.89. The van der Waals surface area contributed by atoms with E-state index in [1.54, 1.807) is 0 Å². The third-order valence-electron chi connectivity index (χ3n) is 6.73. The van der Waals surface area contributed by atoms with Crippen LogP contribution in [0, 0.1) is 6.92 Å². The largest absolute Gasteiger partial charge is 0.444 e. The number of carbonyl (C=O) groups excluding carboxylic acids is 1. The molecule has 6 heteroatoms. The Kier molecular flexibility index (Phi) is 8.36. The first kappa shape index (κ1) is 25.8. The summed E-state index contributed by atoms with van der Waals surface area (Å²) in [7, 11) is 0. The van der Waals surface area contributed by atoms with Gasteiger partial charge in [0.25, 0.3) is 0 Å². The smallest absolute Gasteiger partial charge is 0.407 e. The van der Waals surface area contributed by atoms with E-state index in [0.29, 0.717) is 6.04 Å². The zero-order chi connectivity index (χ0) is 25.5. The third kappa shape index (κ3) is 7.14. The van der Waals surface area contributed by atoms with Crippen molar-refractivity contribution >= 4 is 6.09 Å². The number of rotatable bonds is 7. The molecule has 2 heterocycles. The Morgan fingerprint density at radius 2 is 1.56 bits per heavy atom. The molecular formula is C30H38N4O2. The van der Waals surface area contributed by atoms with Crippen molar-refractivity contribution in [3.63, 3.8) is 0 Å². The second kappa shape index (κ2) is 11.7. The van der Waals surface area contributed by atoms with Gasteiger partial charge in [-0.3, -0.25) is 14.9 Å². The maximum absolute atomic E-state index is 12.3. The molecule has 36 heavy (non-hydrogen) atoms. The van der Waals surface area contributed by atoms with E-state index in [2.05, 4.69) is 58.5 Å². The van der Waals surface area contributed by atoms with E-state index in [1.165, 1.54) is 16.7 Å². The van der Waals surface area contributed by atoms with Crippen molar-refractivity contribution in [2.45, 2.75) is 84.2 Å². The van der Waals surface area contributed by atoms with E-state index in [1.807, 2.05) is 51.4 Å². The molecule has 0 aliphatic heterocycles. The van der Waals surface area contributed by atoms with Crippen molar-refractivity contribution in [2.24, 2.45) is 0 Å². The lowest BCUT2D eigenvalue weighted by Crippen LogP contribution is -2.45. The summed E-state index contributed by atoms with van der Waals surface area (Å²) in [4.78, 5) is 24.3. The van der Waals surface area contributed by atoms with E-state index in [0.717, 1.165) is 50.2 Å². The number of alkyl carbamates (subject to hydrolysis) is 1. The highest BCUT2D eigenvalue weighted by atomic mass is 16.6. The van der Waals surface area contributed by atoms with E-state index < -0.39 is 5.60 Å². The molecule has 3 aromatic rings. The van der Waals surface area contributed by atoms with Gasteiger partial charge in [0.15, 0.2) is 0 Å². The van der Waals surface area contributed by atoms with Crippen LogP contribution in [0.4, 0.5) is 4.79 Å². The van der Waals surface area contributed by atoms with Gasteiger partial charge in [-0.2, -0.15) is 0 Å². The molecule has 1 N–H and O–H groups in total. The molecule has 0 unspecified atom stereocenters. The van der Waals surface area contributed by atoms with Crippen LogP contribution < -0.4 is 5.32 Å². The van der Waals surface area contributed by atoms with E-state index in [9.17, 15) is 4.79 Å². The van der Waals surface area contributed by atoms with Crippen LogP contribution in [0.25, 0.3) is 11.1 Å². The molecule has 0 bridgehead atoms. The molecule has 6 nitrogen and oxygen atoms in total. The van der Waals surface area contributed by atoms with Crippen LogP contribution in [0.3, 0.4) is 0 Å². The van der Waals surface area contributed by atoms with Crippen LogP contribution in [0.1, 0.15) is 63.4 Å². The number of carbonyl (C=O) groups is 1. The number of nitrogens with zero attached hydrogens (tertiary/aromatic N) is 3. The first-order valence-corrected chi connectivity index (χ1v) is 12.9. The van der Waals surface area contributed by atoms with Gasteiger partial charge < -0.3 is 10.1 Å². The Hall–Kier alpha value is -3.25. The highest BCUT2D eigenvalue weighted by Crippen LogP contribution is 2.29. The highest BCUT2D eigenvalue weighted by molar-refractivity contribution is 5.68. The van der Waals surface area contributed by atoms with Gasteiger partial charge in [0.1, 0.15) is 5.60 Å². The van der Waals surface area contributed by atoms with Gasteiger partial charge in [-0.25, -0.2) is 4.79 Å². The van der Waals surface area contributed by atoms with Crippen molar-refractivity contribution < 1.29 is 9.53 Å². The number of nitrogens with one attached hydrogen (secondary N) is 1. The van der Waals surface area contributed by atoms with Gasteiger partial charge in [0.2, 0.25) is 0 Å². The Bertz CT molecular complexity index is 1130. The molecule has 1 fully saturated rings. The molecular weight excluding hydrogens is 448 g/mol. The first-order chi connectivity index (χ1) is 17.3. The molecule has 0 radical (unpaired) electrons. The van der Waals surface area contributed by atoms with E-state index >= 15 is 0 Å². The lowest BCUT2D eigenvalue weighted by molar-refractivity contribution is 0.0472. The van der Waals surface area contributed by atoms with Crippen molar-refractivity contribution in [3.05, 3.63) is 83.9 Å². The average Bonchev–Trinajstić information content (AvgIpc) is 2.85. The number of aryl methyl sites for hydroxylation is 1. The molecule has 0 atom stereocenters. The molecule has 1 aliphatic carbocycles. The molecule has 2 aromatic heterocycles. The number of benzene rings is 1. The predicted octanol–water partition coefficient (Wildman–Crippen LogP) is 6.29. The van der Waals surface area contributed by atoms with Gasteiger partial charge in [-0.15, -0.1) is 0 Å². The zero-order valence-electron chi connectivity index (χ0n) is 21.9. The summed E-state index contributed by atoms with van der Waals surface area (Å²) in [5, 5.41) is 3.07. The number of ether oxygens (including phenoxy) is 1. The minimum atomic E-state index is -0.488. The molecule has 0 saturated heterocycles. The van der Waals surface area contributed by atoms with Crippen molar-refractivity contribution in [3.8, 4) is 11.1 Å². The second-order valence-corrected chi connectivity index (χ2v) is 10.7. The summed E-state index contributed by atoms with van der Waals surface area (Å²) in [5.41, 5.74) is 5.24. The summed E-state index contributed by atoms with van der Waals surface area (Å²) in [6.07, 6.45) is 7.28. The molecule has 1 saturated carbocycles. The zero-order valence-corrected chi connectivity index (χ0v) is 21.9. The second-order valence-electron chi connectivity index (χ2n) is 10.7. The minimum Gasteiger partial charge on any atom is -0.444 e. The van der Waals surface area contributed by atoms with Crippen LogP contribution in [0.5, 0.6) is 0 Å². The van der Waals surface area contributed by atoms with Gasteiger partial charge in [0, 0.05) is 43.1 Å². The van der Waals surface area contributed by atoms with E-state index in [-0.39, 0.29) is 12.1 Å². The summed E-state index contributed by atoms with van der Waals surface area (Å²) in [6, 6.07) is 19.3. The standard InChI is InChI=1S/C30H38N4O2/c1-22-10-8-18-31-27(22)20-34(21-28-26(13-9-19-32-28)23-11-6-5-7-12-23)25-16-14-24(15-17-25)33-29(35)36-30(2,3)4/h5-13,18-19,24-25H,14-17,20-21H2,1-4H3,(H,33,35). The fourth-order valence-corrected chi connectivity index (χ4v) is 4.89. The molecule has 1 amide bonds. The molecule has 4 rings (SSSR count). The lowest BCUT2D eigenvalue weighted by Gasteiger charge is -2.37. The summed E-state index contributed by atoms with van der Waals surface area (Å²) < 4.78 is 5.46. The van der Waals surface area contributed by atoms with Gasteiger partial charge in [0.05, 0.1) is 11.4 Å². The average molecular weight is 487 g/mol. The first-order valence-electron chi connectivity index (χ1n) is 12.9. The van der Waals surface area contributed by atoms with Crippen LogP contribution in [-0.2, 0) is 17.8 Å². The van der Waals surface area contributed by atoms with Gasteiger partial charge in [-0.1, -0.05) is 42.5 Å². The maximum Gasteiger partial charge on any atom is 0.407 e. The van der Waals surface area contributed by atoms with E-state index in [4.69, 9.17) is 9.72 Å². The Balaban J connectivity index is 1.50. The monoisotopic (exact) mass is 486 g/mol. The van der Waals surface area contributed by atoms with Crippen molar-refractivity contribution in [1.29, 1.82) is 0 Å². The SMILES string of the molecule is Cc1cccnc1CN(Cc1ncccc1-c1ccccc1)C1CCC(NC(=O)OC(C)(C)C)CC1. The summed E-state index contributed by atoms with van der Waals surface area (Å²) in [6.45, 7) is 9.31. The Morgan fingerprint density at radius 1 is 0.917 bits per heavy atom. The van der Waals surface area contributed by atoms with Crippen LogP contribution in [0.15, 0.2) is 67.0 Å². The molecule has 1 aromatic carbocycles. The quantitative estimate of drug-likeness (QED) is 0.425. The molecule has 0 spiro atoms. The number of aromatic nitrogens is 2. The summed E-state index contributed by atoms with van der Waals surface area (Å²) in [5.74, 6) is 0. The number of hydrogen-bond donors (Lipinski definition) is 1. The predicted molar refractivity (Wildman–Crippen MR) is 143 cm³/mol. The Labute approximate surface area is 215 Å². The van der Waals surface area contributed by atoms with Gasteiger partial charge >= 0.3 is 6.09 Å².